The predicted octanol–water partition coefficient (Wildman–Crippen LogP) is 2.64. The lowest BCUT2D eigenvalue weighted by Gasteiger charge is -2.03. The van der Waals surface area contributed by atoms with Crippen LogP contribution in [-0.2, 0) is 20.0 Å². The molecule has 0 atom stereocenters. The first-order chi connectivity index (χ1) is 10.7. The highest BCUT2D eigenvalue weighted by Crippen LogP contribution is 2.09. The molecule has 0 aliphatic heterocycles. The molecule has 0 heterocycles. The van der Waals surface area contributed by atoms with Gasteiger partial charge in [-0.2, -0.15) is 8.80 Å². The average Bonchev–Trinajstić information content (AvgIpc) is 2.43. The second-order valence-corrected chi connectivity index (χ2v) is 8.89. The Kier molecular flexibility index (Phi) is 7.84. The molecule has 130 valence electrons. The zero-order valence-corrected chi connectivity index (χ0v) is 15.2. The van der Waals surface area contributed by atoms with Gasteiger partial charge in [0.15, 0.2) is 0 Å². The van der Waals surface area contributed by atoms with Crippen molar-refractivity contribution in [2.24, 2.45) is 8.80 Å². The van der Waals surface area contributed by atoms with Gasteiger partial charge in [0.1, 0.15) is 0 Å². The van der Waals surface area contributed by atoms with Crippen LogP contribution in [0.25, 0.3) is 0 Å². The number of allylic oxidation sites excluding steroid dienone is 4. The summed E-state index contributed by atoms with van der Waals surface area (Å²) in [7, 11) is -6.97. The molecule has 6 nitrogen and oxygen atoms in total. The van der Waals surface area contributed by atoms with Crippen molar-refractivity contribution in [2.45, 2.75) is 45.4 Å². The number of nitrogens with zero attached hydrogens (tertiary/aromatic N) is 2. The van der Waals surface area contributed by atoms with E-state index in [0.29, 0.717) is 6.42 Å². The Hall–Kier alpha value is -1.28. The van der Waals surface area contributed by atoms with Gasteiger partial charge in [-0.1, -0.05) is 39.0 Å². The molecule has 0 unspecified atom stereocenters. The third-order valence-corrected chi connectivity index (χ3v) is 4.96. The first-order valence-corrected chi connectivity index (χ1v) is 11.2. The predicted molar refractivity (Wildman–Crippen MR) is 95.2 cm³/mol. The molecule has 0 spiro atoms. The second kappa shape index (κ2) is 9.12. The molecule has 1 aliphatic rings. The highest BCUT2D eigenvalue weighted by atomic mass is 32.2. The van der Waals surface area contributed by atoms with E-state index in [4.69, 9.17) is 0 Å². The number of hydrogen-bond donors (Lipinski definition) is 0. The Morgan fingerprint density at radius 3 is 1.78 bits per heavy atom. The Morgan fingerprint density at radius 1 is 0.783 bits per heavy atom. The summed E-state index contributed by atoms with van der Waals surface area (Å²) in [5.41, 5.74) is 0.531. The van der Waals surface area contributed by atoms with Gasteiger partial charge in [0.2, 0.25) is 0 Å². The molecular weight excluding hydrogens is 336 g/mol. The Morgan fingerprint density at radius 2 is 1.26 bits per heavy atom. The van der Waals surface area contributed by atoms with Crippen molar-refractivity contribution >= 4 is 31.5 Å². The summed E-state index contributed by atoms with van der Waals surface area (Å²) in [4.78, 5) is 0. The van der Waals surface area contributed by atoms with Crippen LogP contribution in [-0.4, -0.2) is 40.3 Å². The molecule has 0 aromatic heterocycles. The molecule has 0 saturated carbocycles. The molecular formula is C15H24N2O4S2. The molecule has 0 saturated heterocycles. The van der Waals surface area contributed by atoms with Crippen molar-refractivity contribution < 1.29 is 16.8 Å². The highest BCUT2D eigenvalue weighted by Gasteiger charge is 2.10. The summed E-state index contributed by atoms with van der Waals surface area (Å²) in [6, 6.07) is 0. The van der Waals surface area contributed by atoms with E-state index in [1.807, 2.05) is 0 Å². The number of hydrogen-bond acceptors (Lipinski definition) is 4. The molecule has 0 radical (unpaired) electrons. The van der Waals surface area contributed by atoms with Crippen LogP contribution >= 0.6 is 0 Å². The zero-order chi connectivity index (χ0) is 17.3. The summed E-state index contributed by atoms with van der Waals surface area (Å²) >= 11 is 0. The van der Waals surface area contributed by atoms with Crippen LogP contribution in [0.2, 0.25) is 0 Å². The topological polar surface area (TPSA) is 93.0 Å². The van der Waals surface area contributed by atoms with E-state index in [-0.39, 0.29) is 17.2 Å². The van der Waals surface area contributed by atoms with Crippen LogP contribution < -0.4 is 0 Å². The first kappa shape index (κ1) is 19.8. The van der Waals surface area contributed by atoms with Gasteiger partial charge >= 0.3 is 0 Å². The van der Waals surface area contributed by atoms with Gasteiger partial charge in [-0.05, 0) is 30.7 Å². The molecule has 1 aliphatic carbocycles. The lowest BCUT2D eigenvalue weighted by molar-refractivity contribution is 0.585. The maximum absolute atomic E-state index is 11.9. The SMILES string of the molecule is CCCCCCCCS(=O)(=O)N=C1C=CC(=NS(C)(=O)=O)C=C1. The summed E-state index contributed by atoms with van der Waals surface area (Å²) in [6.07, 6.45) is 12.8. The van der Waals surface area contributed by atoms with Crippen molar-refractivity contribution in [3.8, 4) is 0 Å². The molecule has 23 heavy (non-hydrogen) atoms. The van der Waals surface area contributed by atoms with Gasteiger partial charge in [-0.25, -0.2) is 16.8 Å². The van der Waals surface area contributed by atoms with E-state index in [9.17, 15) is 16.8 Å². The summed E-state index contributed by atoms with van der Waals surface area (Å²) < 4.78 is 53.2. The standard InChI is InChI=1S/C15H24N2O4S2/c1-3-4-5-6-7-8-13-23(20,21)17-15-11-9-14(10-12-15)16-22(2,18)19/h9-12H,3-8,13H2,1-2H3. The summed E-state index contributed by atoms with van der Waals surface area (Å²) in [6.45, 7) is 2.14. The van der Waals surface area contributed by atoms with E-state index in [1.165, 1.54) is 30.7 Å². The molecule has 0 aromatic carbocycles. The maximum atomic E-state index is 11.9. The molecule has 8 heteroatoms. The Labute approximate surface area is 139 Å². The third-order valence-electron chi connectivity index (χ3n) is 3.12. The summed E-state index contributed by atoms with van der Waals surface area (Å²) in [5.74, 6) is 0.0363. The molecule has 0 amide bonds. The maximum Gasteiger partial charge on any atom is 0.253 e. The van der Waals surface area contributed by atoms with Crippen molar-refractivity contribution in [1.82, 2.24) is 0 Å². The van der Waals surface area contributed by atoms with Gasteiger partial charge in [-0.3, -0.25) is 0 Å². The van der Waals surface area contributed by atoms with E-state index >= 15 is 0 Å². The Balaban J connectivity index is 2.54. The minimum absolute atomic E-state index is 0.0363. The average molecular weight is 361 g/mol. The monoisotopic (exact) mass is 360 g/mol. The summed E-state index contributed by atoms with van der Waals surface area (Å²) in [5, 5.41) is 0. The lowest BCUT2D eigenvalue weighted by atomic mass is 10.1. The molecule has 0 bridgehead atoms. The molecule has 0 N–H and O–H groups in total. The van der Waals surface area contributed by atoms with Crippen molar-refractivity contribution in [1.29, 1.82) is 0 Å². The van der Waals surface area contributed by atoms with Gasteiger partial charge in [0.25, 0.3) is 20.0 Å². The molecule has 0 aromatic rings. The fourth-order valence-electron chi connectivity index (χ4n) is 2.04. The van der Waals surface area contributed by atoms with Crippen molar-refractivity contribution in [2.75, 3.05) is 12.0 Å². The fourth-order valence-corrected chi connectivity index (χ4v) is 3.64. The lowest BCUT2D eigenvalue weighted by Crippen LogP contribution is -2.08. The zero-order valence-electron chi connectivity index (χ0n) is 13.6. The normalized spacial score (nSPS) is 15.0. The molecule has 1 rings (SSSR count). The smallest absolute Gasteiger partial charge is 0.205 e. The number of rotatable bonds is 9. The minimum atomic E-state index is -3.50. The quantitative estimate of drug-likeness (QED) is 0.467. The van der Waals surface area contributed by atoms with Crippen molar-refractivity contribution in [3.05, 3.63) is 24.3 Å². The van der Waals surface area contributed by atoms with Crippen LogP contribution in [0.1, 0.15) is 45.4 Å². The molecule has 0 fully saturated rings. The second-order valence-electron chi connectivity index (χ2n) is 5.49. The largest absolute Gasteiger partial charge is 0.253 e. The third kappa shape index (κ3) is 9.45. The van der Waals surface area contributed by atoms with Gasteiger partial charge in [0.05, 0.1) is 23.4 Å². The number of unbranched alkanes of at least 4 members (excludes halogenated alkanes) is 5. The minimum Gasteiger partial charge on any atom is -0.205 e. The van der Waals surface area contributed by atoms with Crippen molar-refractivity contribution in [3.63, 3.8) is 0 Å². The first-order valence-electron chi connectivity index (χ1n) is 7.70. The van der Waals surface area contributed by atoms with E-state index in [2.05, 4.69) is 15.7 Å². The number of sulfonamides is 2. The van der Waals surface area contributed by atoms with E-state index in [1.54, 1.807) is 0 Å². The fraction of sp³-hybridized carbons (Fsp3) is 0.600. The van der Waals surface area contributed by atoms with E-state index < -0.39 is 20.0 Å². The van der Waals surface area contributed by atoms with Gasteiger partial charge in [-0.15, -0.1) is 0 Å². The van der Waals surface area contributed by atoms with Crippen LogP contribution in [0, 0.1) is 0 Å². The Bertz CT molecular complexity index is 697. The highest BCUT2D eigenvalue weighted by molar-refractivity contribution is 7.90. The van der Waals surface area contributed by atoms with Gasteiger partial charge < -0.3 is 0 Å². The van der Waals surface area contributed by atoms with Gasteiger partial charge in [0, 0.05) is 0 Å². The van der Waals surface area contributed by atoms with Crippen LogP contribution in [0.3, 0.4) is 0 Å². The van der Waals surface area contributed by atoms with Crippen LogP contribution in [0.5, 0.6) is 0 Å². The van der Waals surface area contributed by atoms with Crippen LogP contribution in [0.15, 0.2) is 33.1 Å². The van der Waals surface area contributed by atoms with E-state index in [0.717, 1.165) is 31.9 Å². The van der Waals surface area contributed by atoms with Crippen LogP contribution in [0.4, 0.5) is 0 Å².